The fourth-order valence-electron chi connectivity index (χ4n) is 1.51. The van der Waals surface area contributed by atoms with Crippen molar-refractivity contribution in [3.63, 3.8) is 0 Å². The van der Waals surface area contributed by atoms with Crippen LogP contribution in [0.4, 0.5) is 5.69 Å². The van der Waals surface area contributed by atoms with Gasteiger partial charge in [-0.1, -0.05) is 42.1 Å². The summed E-state index contributed by atoms with van der Waals surface area (Å²) in [6, 6.07) is 16.1. The van der Waals surface area contributed by atoms with Crippen LogP contribution in [0.1, 0.15) is 10.4 Å². The molecule has 0 aliphatic rings. The van der Waals surface area contributed by atoms with Gasteiger partial charge in [-0.05, 0) is 24.3 Å². The minimum atomic E-state index is -0.186. The zero-order valence-electron chi connectivity index (χ0n) is 9.50. The van der Waals surface area contributed by atoms with E-state index in [-0.39, 0.29) is 5.91 Å². The van der Waals surface area contributed by atoms with Gasteiger partial charge in [-0.15, -0.1) is 0 Å². The first-order chi connectivity index (χ1) is 8.81. The molecule has 4 heteroatoms. The summed E-state index contributed by atoms with van der Waals surface area (Å²) in [5.41, 5.74) is 1.97. The Morgan fingerprint density at radius 1 is 1.00 bits per heavy atom. The molecule has 1 amide bonds. The molecule has 0 aliphatic carbocycles. The van der Waals surface area contributed by atoms with E-state index in [9.17, 15) is 9.59 Å². The molecule has 2 aromatic rings. The van der Waals surface area contributed by atoms with Gasteiger partial charge in [-0.2, -0.15) is 0 Å². The van der Waals surface area contributed by atoms with Crippen LogP contribution in [-0.4, -0.2) is 11.5 Å². The predicted octanol–water partition coefficient (Wildman–Crippen LogP) is 3.22. The normalized spacial score (nSPS) is 9.78. The Bertz CT molecular complexity index is 555. The van der Waals surface area contributed by atoms with Gasteiger partial charge in [0.15, 0.2) is 5.62 Å². The van der Waals surface area contributed by atoms with E-state index in [2.05, 4.69) is 5.32 Å². The molecule has 3 nitrogen and oxygen atoms in total. The van der Waals surface area contributed by atoms with Gasteiger partial charge in [0.1, 0.15) is 0 Å². The third-order valence-electron chi connectivity index (χ3n) is 2.35. The molecule has 0 aliphatic heterocycles. The molecule has 0 heterocycles. The first kappa shape index (κ1) is 12.4. The monoisotopic (exact) mass is 257 g/mol. The van der Waals surface area contributed by atoms with E-state index in [1.54, 1.807) is 36.4 Å². The maximum atomic E-state index is 12.0. The maximum Gasteiger partial charge on any atom is 0.255 e. The molecule has 18 heavy (non-hydrogen) atoms. The minimum Gasteiger partial charge on any atom is -0.321 e. The zero-order valence-corrected chi connectivity index (χ0v) is 10.3. The quantitative estimate of drug-likeness (QED) is 0.675. The largest absolute Gasteiger partial charge is 0.321 e. The van der Waals surface area contributed by atoms with Crippen molar-refractivity contribution in [3.05, 3.63) is 60.2 Å². The third kappa shape index (κ3) is 2.99. The van der Waals surface area contributed by atoms with Crippen LogP contribution in [0.2, 0.25) is 0 Å². The van der Waals surface area contributed by atoms with Crippen LogP contribution in [0.15, 0.2) is 59.5 Å². The molecular formula is C14H11NO2S. The molecular weight excluding hydrogens is 246 g/mol. The second kappa shape index (κ2) is 6.02. The van der Waals surface area contributed by atoms with Crippen LogP contribution in [0.3, 0.4) is 0 Å². The van der Waals surface area contributed by atoms with Gasteiger partial charge in [0.2, 0.25) is 0 Å². The Balaban J connectivity index is 2.19. The molecule has 1 N–H and O–H groups in total. The van der Waals surface area contributed by atoms with Crippen molar-refractivity contribution in [2.24, 2.45) is 0 Å². The van der Waals surface area contributed by atoms with Gasteiger partial charge in [-0.25, -0.2) is 0 Å². The van der Waals surface area contributed by atoms with Gasteiger partial charge < -0.3 is 5.32 Å². The molecule has 0 unspecified atom stereocenters. The number of nitrogens with one attached hydrogen (secondary N) is 1. The number of thioether (sulfide) groups is 1. The number of hydrogen-bond acceptors (Lipinski definition) is 3. The van der Waals surface area contributed by atoms with Crippen molar-refractivity contribution in [2.75, 3.05) is 5.32 Å². The number of carbonyl (C=O) groups excluding carboxylic acids is 2. The number of hydrogen-bond donors (Lipinski definition) is 1. The smallest absolute Gasteiger partial charge is 0.255 e. The summed E-state index contributed by atoms with van der Waals surface area (Å²) < 4.78 is 0. The lowest BCUT2D eigenvalue weighted by Gasteiger charge is -2.08. The van der Waals surface area contributed by atoms with Crippen molar-refractivity contribution in [3.8, 4) is 0 Å². The molecule has 2 rings (SSSR count). The highest BCUT2D eigenvalue weighted by molar-refractivity contribution is 8.12. The van der Waals surface area contributed by atoms with Crippen molar-refractivity contribution in [1.29, 1.82) is 0 Å². The van der Waals surface area contributed by atoms with E-state index in [1.807, 2.05) is 18.2 Å². The lowest BCUT2D eigenvalue weighted by atomic mass is 10.2. The van der Waals surface area contributed by atoms with Crippen LogP contribution in [0.5, 0.6) is 0 Å². The Morgan fingerprint density at radius 2 is 1.67 bits per heavy atom. The highest BCUT2D eigenvalue weighted by Gasteiger charge is 2.08. The van der Waals surface area contributed by atoms with Gasteiger partial charge in [0, 0.05) is 10.5 Å². The Labute approximate surface area is 109 Å². The summed E-state index contributed by atoms with van der Waals surface area (Å²) in [7, 11) is 0. The number of anilines is 1. The number of rotatable bonds is 4. The Hall–Kier alpha value is -2.07. The fourth-order valence-corrected chi connectivity index (χ4v) is 2.02. The molecule has 0 fully saturated rings. The second-order valence-corrected chi connectivity index (χ2v) is 4.40. The van der Waals surface area contributed by atoms with Gasteiger partial charge in [-0.3, -0.25) is 9.59 Å². The van der Waals surface area contributed by atoms with Crippen LogP contribution in [-0.2, 0) is 4.79 Å². The summed E-state index contributed by atoms with van der Waals surface area (Å²) in [4.78, 5) is 23.2. The average Bonchev–Trinajstić information content (AvgIpc) is 2.42. The summed E-state index contributed by atoms with van der Waals surface area (Å²) in [6.45, 7) is 0. The highest BCUT2D eigenvalue weighted by atomic mass is 32.2. The molecule has 0 saturated carbocycles. The van der Waals surface area contributed by atoms with Crippen molar-refractivity contribution >= 4 is 29.0 Å². The fraction of sp³-hybridized carbons (Fsp3) is 0. The lowest BCUT2D eigenvalue weighted by molar-refractivity contribution is 0.102. The average molecular weight is 257 g/mol. The van der Waals surface area contributed by atoms with Gasteiger partial charge in [0.05, 0.1) is 5.69 Å². The Kier molecular flexibility index (Phi) is 4.15. The van der Waals surface area contributed by atoms with E-state index >= 15 is 0 Å². The summed E-state index contributed by atoms with van der Waals surface area (Å²) >= 11 is 1.04. The maximum absolute atomic E-state index is 12.0. The number of carbonyl (C=O) groups is 2. The SMILES string of the molecule is O=CSc1ccccc1NC(=O)c1ccccc1. The number of benzene rings is 2. The van der Waals surface area contributed by atoms with Crippen molar-refractivity contribution in [2.45, 2.75) is 4.90 Å². The standard InChI is InChI=1S/C14H11NO2S/c16-10-18-13-9-5-4-8-12(13)15-14(17)11-6-2-1-3-7-11/h1-10H,(H,15,17). The first-order valence-corrected chi connectivity index (χ1v) is 6.25. The first-order valence-electron chi connectivity index (χ1n) is 5.37. The minimum absolute atomic E-state index is 0.186. The van der Waals surface area contributed by atoms with E-state index < -0.39 is 0 Å². The van der Waals surface area contributed by atoms with E-state index in [0.29, 0.717) is 11.3 Å². The predicted molar refractivity (Wildman–Crippen MR) is 73.4 cm³/mol. The topological polar surface area (TPSA) is 46.2 Å². The zero-order chi connectivity index (χ0) is 12.8. The lowest BCUT2D eigenvalue weighted by Crippen LogP contribution is -2.12. The molecule has 0 saturated heterocycles. The summed E-state index contributed by atoms with van der Waals surface area (Å²) in [6.07, 6.45) is 0. The molecule has 0 atom stereocenters. The molecule has 0 radical (unpaired) electrons. The number of para-hydroxylation sites is 1. The Morgan fingerprint density at radius 3 is 2.39 bits per heavy atom. The second-order valence-electron chi connectivity index (χ2n) is 3.53. The third-order valence-corrected chi connectivity index (χ3v) is 3.05. The van der Waals surface area contributed by atoms with E-state index in [0.717, 1.165) is 22.3 Å². The van der Waals surface area contributed by atoms with Crippen LogP contribution >= 0.6 is 11.8 Å². The van der Waals surface area contributed by atoms with Gasteiger partial charge >= 0.3 is 0 Å². The summed E-state index contributed by atoms with van der Waals surface area (Å²) in [5.74, 6) is -0.186. The number of amides is 1. The molecule has 90 valence electrons. The molecule has 2 aromatic carbocycles. The van der Waals surface area contributed by atoms with Gasteiger partial charge in [0.25, 0.3) is 5.91 Å². The van der Waals surface area contributed by atoms with Crippen molar-refractivity contribution in [1.82, 2.24) is 0 Å². The van der Waals surface area contributed by atoms with Crippen molar-refractivity contribution < 1.29 is 9.59 Å². The molecule has 0 spiro atoms. The summed E-state index contributed by atoms with van der Waals surface area (Å²) in [5, 5.41) is 2.79. The van der Waals surface area contributed by atoms with Crippen LogP contribution in [0.25, 0.3) is 0 Å². The van der Waals surface area contributed by atoms with E-state index in [4.69, 9.17) is 0 Å². The van der Waals surface area contributed by atoms with Crippen LogP contribution in [0, 0.1) is 0 Å². The van der Waals surface area contributed by atoms with E-state index in [1.165, 1.54) is 0 Å². The van der Waals surface area contributed by atoms with Crippen LogP contribution < -0.4 is 5.32 Å². The highest BCUT2D eigenvalue weighted by Crippen LogP contribution is 2.25. The molecule has 0 bridgehead atoms. The molecule has 0 aromatic heterocycles.